The van der Waals surface area contributed by atoms with E-state index in [2.05, 4.69) is 35.0 Å². The van der Waals surface area contributed by atoms with E-state index in [-0.39, 0.29) is 11.7 Å². The molecule has 8 heteroatoms. The smallest absolute Gasteiger partial charge is 0.238 e. The first-order chi connectivity index (χ1) is 10.9. The molecular formula is C15H19N5O2S. The highest BCUT2D eigenvalue weighted by molar-refractivity contribution is 7.84. The van der Waals surface area contributed by atoms with Crippen molar-refractivity contribution in [2.45, 2.75) is 38.2 Å². The van der Waals surface area contributed by atoms with Crippen molar-refractivity contribution in [3.05, 3.63) is 35.9 Å². The molecule has 0 bridgehead atoms. The number of aliphatic hydroxyl groups excluding tert-OH is 1. The summed E-state index contributed by atoms with van der Waals surface area (Å²) in [5, 5.41) is 14.7. The zero-order valence-corrected chi connectivity index (χ0v) is 14.1. The first-order valence-electron chi connectivity index (χ1n) is 7.27. The maximum absolute atomic E-state index is 11.3. The van der Waals surface area contributed by atoms with Gasteiger partial charge in [-0.2, -0.15) is 0 Å². The third-order valence-corrected chi connectivity index (χ3v) is 4.52. The minimum Gasteiger partial charge on any atom is -0.389 e. The van der Waals surface area contributed by atoms with Gasteiger partial charge in [0.2, 0.25) is 5.16 Å². The van der Waals surface area contributed by atoms with Gasteiger partial charge in [-0.15, -0.1) is 5.10 Å². The van der Waals surface area contributed by atoms with Crippen LogP contribution in [0.3, 0.4) is 0 Å². The summed E-state index contributed by atoms with van der Waals surface area (Å²) < 4.78 is 14.7. The fourth-order valence-electron chi connectivity index (χ4n) is 2.46. The number of aryl methyl sites for hydroxylation is 2. The van der Waals surface area contributed by atoms with E-state index in [1.165, 1.54) is 28.4 Å². The van der Waals surface area contributed by atoms with E-state index in [0.717, 1.165) is 11.0 Å². The predicted octanol–water partition coefficient (Wildman–Crippen LogP) is 1.04. The average molecular weight is 333 g/mol. The summed E-state index contributed by atoms with van der Waals surface area (Å²) in [4.78, 5) is 8.34. The lowest BCUT2D eigenvalue weighted by Crippen LogP contribution is -2.22. The second kappa shape index (κ2) is 6.21. The Labute approximate surface area is 136 Å². The SMILES string of the molecule is Cc1cc2ncn(C[C@@H](O)Cn3cnc([S@](C)=O)n3)c2cc1C. The molecular weight excluding hydrogens is 314 g/mol. The zero-order valence-electron chi connectivity index (χ0n) is 13.3. The summed E-state index contributed by atoms with van der Waals surface area (Å²) in [6.07, 6.45) is 4.10. The molecule has 3 aromatic rings. The Morgan fingerprint density at radius 1 is 1.17 bits per heavy atom. The molecule has 0 amide bonds. The van der Waals surface area contributed by atoms with Crippen LogP contribution in [-0.4, -0.2) is 46.0 Å². The molecule has 1 N–H and O–H groups in total. The van der Waals surface area contributed by atoms with Crippen LogP contribution < -0.4 is 0 Å². The van der Waals surface area contributed by atoms with Gasteiger partial charge in [0.25, 0.3) is 0 Å². The first-order valence-corrected chi connectivity index (χ1v) is 8.83. The lowest BCUT2D eigenvalue weighted by molar-refractivity contribution is 0.131. The molecule has 7 nitrogen and oxygen atoms in total. The van der Waals surface area contributed by atoms with Crippen molar-refractivity contribution < 1.29 is 9.32 Å². The van der Waals surface area contributed by atoms with E-state index in [9.17, 15) is 9.32 Å². The second-order valence-corrected chi connectivity index (χ2v) is 6.95. The topological polar surface area (TPSA) is 85.8 Å². The Balaban J connectivity index is 1.75. The average Bonchev–Trinajstić information content (AvgIpc) is 3.08. The molecule has 0 aliphatic carbocycles. The van der Waals surface area contributed by atoms with Crippen molar-refractivity contribution in [1.82, 2.24) is 24.3 Å². The van der Waals surface area contributed by atoms with E-state index in [1.54, 1.807) is 6.33 Å². The van der Waals surface area contributed by atoms with Crippen molar-refractivity contribution in [3.63, 3.8) is 0 Å². The summed E-state index contributed by atoms with van der Waals surface area (Å²) >= 11 is 0. The maximum atomic E-state index is 11.3. The van der Waals surface area contributed by atoms with Gasteiger partial charge in [0.1, 0.15) is 6.33 Å². The fraction of sp³-hybridized carbons (Fsp3) is 0.400. The number of aromatic nitrogens is 5. The Hall–Kier alpha value is -2.06. The maximum Gasteiger partial charge on any atom is 0.238 e. The summed E-state index contributed by atoms with van der Waals surface area (Å²) in [7, 11) is -1.22. The van der Waals surface area contributed by atoms with E-state index < -0.39 is 16.9 Å². The first kappa shape index (κ1) is 15.8. The van der Waals surface area contributed by atoms with Crippen LogP contribution in [0.2, 0.25) is 0 Å². The quantitative estimate of drug-likeness (QED) is 0.754. The van der Waals surface area contributed by atoms with Crippen molar-refractivity contribution in [2.75, 3.05) is 6.26 Å². The Bertz CT molecular complexity index is 870. The standard InChI is InChI=1S/C15H19N5O2S/c1-10-4-13-14(5-11(10)2)19(8-16-13)6-12(21)7-20-9-17-15(18-20)23(3)22/h4-5,8-9,12,21H,6-7H2,1-3H3/t12-,23+/m1/s1. The van der Waals surface area contributed by atoms with Gasteiger partial charge < -0.3 is 9.67 Å². The van der Waals surface area contributed by atoms with Gasteiger partial charge in [-0.05, 0) is 37.1 Å². The third-order valence-electron chi connectivity index (χ3n) is 3.81. The molecule has 0 fully saturated rings. The van der Waals surface area contributed by atoms with Crippen LogP contribution in [0.1, 0.15) is 11.1 Å². The normalized spacial score (nSPS) is 14.3. The van der Waals surface area contributed by atoms with Gasteiger partial charge in [-0.1, -0.05) is 0 Å². The monoisotopic (exact) mass is 333 g/mol. The fourth-order valence-corrected chi connectivity index (χ4v) is 2.87. The molecule has 0 aliphatic rings. The summed E-state index contributed by atoms with van der Waals surface area (Å²) in [5.41, 5.74) is 4.32. The molecule has 0 aliphatic heterocycles. The van der Waals surface area contributed by atoms with Gasteiger partial charge in [-0.25, -0.2) is 14.6 Å². The van der Waals surface area contributed by atoms with E-state index in [4.69, 9.17) is 0 Å². The molecule has 2 atom stereocenters. The number of imidazole rings is 1. The van der Waals surface area contributed by atoms with Crippen LogP contribution in [0.15, 0.2) is 29.9 Å². The Morgan fingerprint density at radius 2 is 1.91 bits per heavy atom. The van der Waals surface area contributed by atoms with Crippen LogP contribution in [0.25, 0.3) is 11.0 Å². The Morgan fingerprint density at radius 3 is 2.61 bits per heavy atom. The lowest BCUT2D eigenvalue weighted by Gasteiger charge is -2.12. The molecule has 0 unspecified atom stereocenters. The van der Waals surface area contributed by atoms with Crippen LogP contribution >= 0.6 is 0 Å². The molecule has 0 spiro atoms. The van der Waals surface area contributed by atoms with Crippen molar-refractivity contribution in [1.29, 1.82) is 0 Å². The van der Waals surface area contributed by atoms with Crippen molar-refractivity contribution in [2.24, 2.45) is 0 Å². The molecule has 3 rings (SSSR count). The molecule has 0 saturated heterocycles. The minimum absolute atomic E-state index is 0.274. The Kier molecular flexibility index (Phi) is 4.27. The number of hydrogen-bond acceptors (Lipinski definition) is 5. The highest BCUT2D eigenvalue weighted by Crippen LogP contribution is 2.18. The lowest BCUT2D eigenvalue weighted by atomic mass is 10.1. The van der Waals surface area contributed by atoms with Gasteiger partial charge in [0.05, 0.1) is 47.4 Å². The largest absolute Gasteiger partial charge is 0.389 e. The molecule has 0 saturated carbocycles. The number of aliphatic hydroxyl groups is 1. The summed E-state index contributed by atoms with van der Waals surface area (Å²) in [5.74, 6) is 0. The number of benzene rings is 1. The molecule has 1 aromatic carbocycles. The number of hydrogen-bond donors (Lipinski definition) is 1. The summed E-state index contributed by atoms with van der Waals surface area (Å²) in [6, 6.07) is 4.13. The van der Waals surface area contributed by atoms with Gasteiger partial charge >= 0.3 is 0 Å². The number of fused-ring (bicyclic) bond motifs is 1. The van der Waals surface area contributed by atoms with E-state index in [0.29, 0.717) is 6.54 Å². The molecule has 2 heterocycles. The van der Waals surface area contributed by atoms with Crippen molar-refractivity contribution >= 4 is 21.8 Å². The minimum atomic E-state index is -1.22. The second-order valence-electron chi connectivity index (χ2n) is 5.68. The third kappa shape index (κ3) is 3.32. The zero-order chi connectivity index (χ0) is 16.6. The van der Waals surface area contributed by atoms with Crippen LogP contribution in [0, 0.1) is 13.8 Å². The van der Waals surface area contributed by atoms with Crippen LogP contribution in [0.5, 0.6) is 0 Å². The van der Waals surface area contributed by atoms with Gasteiger partial charge in [0, 0.05) is 6.26 Å². The molecule has 2 aromatic heterocycles. The van der Waals surface area contributed by atoms with Crippen LogP contribution in [0.4, 0.5) is 0 Å². The predicted molar refractivity (Wildman–Crippen MR) is 87.6 cm³/mol. The number of rotatable bonds is 5. The highest BCUT2D eigenvalue weighted by Gasteiger charge is 2.12. The summed E-state index contributed by atoms with van der Waals surface area (Å²) in [6.45, 7) is 4.81. The van der Waals surface area contributed by atoms with Crippen molar-refractivity contribution in [3.8, 4) is 0 Å². The van der Waals surface area contributed by atoms with Crippen LogP contribution in [-0.2, 0) is 23.9 Å². The van der Waals surface area contributed by atoms with E-state index >= 15 is 0 Å². The van der Waals surface area contributed by atoms with E-state index in [1.807, 2.05) is 10.6 Å². The van der Waals surface area contributed by atoms with Gasteiger partial charge in [-0.3, -0.25) is 4.21 Å². The highest BCUT2D eigenvalue weighted by atomic mass is 32.2. The molecule has 122 valence electrons. The van der Waals surface area contributed by atoms with Gasteiger partial charge in [0.15, 0.2) is 0 Å². The molecule has 23 heavy (non-hydrogen) atoms. The number of nitrogens with zero attached hydrogens (tertiary/aromatic N) is 5. The molecule has 0 radical (unpaired) electrons.